The molecule has 7 heteroatoms. The van der Waals surface area contributed by atoms with Gasteiger partial charge in [0.1, 0.15) is 0 Å². The fraction of sp³-hybridized carbons (Fsp3) is 0.286. The average Bonchev–Trinajstić information content (AvgIpc) is 3.37. The lowest BCUT2D eigenvalue weighted by Gasteiger charge is -2.46. The summed E-state index contributed by atoms with van der Waals surface area (Å²) in [6.07, 6.45) is 1.29. The summed E-state index contributed by atoms with van der Waals surface area (Å²) >= 11 is 7.58. The van der Waals surface area contributed by atoms with Crippen LogP contribution in [0.3, 0.4) is 0 Å². The number of nitrogens with one attached hydrogen (secondary N) is 1. The monoisotopic (exact) mass is 416 g/mol. The summed E-state index contributed by atoms with van der Waals surface area (Å²) in [5, 5.41) is 14.2. The average molecular weight is 417 g/mol. The first-order valence-electron chi connectivity index (χ1n) is 9.13. The van der Waals surface area contributed by atoms with Gasteiger partial charge in [0, 0.05) is 24.5 Å². The zero-order chi connectivity index (χ0) is 19.6. The number of likely N-dealkylation sites (tertiary alicyclic amines) is 1. The number of halogens is 1. The largest absolute Gasteiger partial charge is 0.459 e. The van der Waals surface area contributed by atoms with Crippen molar-refractivity contribution in [3.8, 4) is 0 Å². The van der Waals surface area contributed by atoms with Crippen molar-refractivity contribution in [1.82, 2.24) is 10.2 Å². The van der Waals surface area contributed by atoms with E-state index >= 15 is 0 Å². The SMILES string of the molecule is O=C(N[C@@]1(c2ccccc2)CCN(Cc2ccc(Cl)s2)C[C@H]1O)c1ccco1. The van der Waals surface area contributed by atoms with Crippen molar-refractivity contribution in [3.63, 3.8) is 0 Å². The molecule has 0 aliphatic carbocycles. The maximum atomic E-state index is 12.7. The summed E-state index contributed by atoms with van der Waals surface area (Å²) in [5.41, 5.74) is 0.0237. The van der Waals surface area contributed by atoms with Crippen molar-refractivity contribution in [1.29, 1.82) is 0 Å². The van der Waals surface area contributed by atoms with Gasteiger partial charge >= 0.3 is 0 Å². The van der Waals surface area contributed by atoms with Crippen molar-refractivity contribution in [2.24, 2.45) is 0 Å². The van der Waals surface area contributed by atoms with E-state index in [1.165, 1.54) is 6.26 Å². The van der Waals surface area contributed by atoms with Crippen LogP contribution < -0.4 is 5.32 Å². The molecule has 0 radical (unpaired) electrons. The van der Waals surface area contributed by atoms with Crippen LogP contribution in [0.25, 0.3) is 0 Å². The van der Waals surface area contributed by atoms with Gasteiger partial charge in [-0.25, -0.2) is 0 Å². The highest BCUT2D eigenvalue weighted by Crippen LogP contribution is 2.35. The second-order valence-corrected chi connectivity index (χ2v) is 8.78. The third-order valence-corrected chi connectivity index (χ3v) is 6.42. The Kier molecular flexibility index (Phi) is 5.55. The number of β-amino-alcohol motifs (C(OH)–C–C–N with tert-alkyl or cyclic N) is 1. The number of rotatable bonds is 5. The summed E-state index contributed by atoms with van der Waals surface area (Å²) in [6.45, 7) is 1.91. The molecule has 1 amide bonds. The number of amides is 1. The van der Waals surface area contributed by atoms with Gasteiger partial charge in [-0.15, -0.1) is 11.3 Å². The predicted molar refractivity (Wildman–Crippen MR) is 110 cm³/mol. The van der Waals surface area contributed by atoms with E-state index in [1.807, 2.05) is 42.5 Å². The molecule has 2 aromatic heterocycles. The minimum atomic E-state index is -0.866. The van der Waals surface area contributed by atoms with Crippen LogP contribution in [0.4, 0.5) is 0 Å². The number of aliphatic hydroxyl groups is 1. The van der Waals surface area contributed by atoms with Gasteiger partial charge in [-0.05, 0) is 36.2 Å². The molecule has 1 aliphatic rings. The van der Waals surface area contributed by atoms with Gasteiger partial charge in [0.15, 0.2) is 5.76 Å². The van der Waals surface area contributed by atoms with Crippen molar-refractivity contribution in [2.45, 2.75) is 24.6 Å². The molecule has 1 aromatic carbocycles. The number of nitrogens with zero attached hydrogens (tertiary/aromatic N) is 1. The van der Waals surface area contributed by atoms with E-state index in [0.29, 0.717) is 13.0 Å². The Balaban J connectivity index is 1.57. The molecular formula is C21H21ClN2O3S. The van der Waals surface area contributed by atoms with Crippen molar-refractivity contribution in [3.05, 3.63) is 81.4 Å². The standard InChI is InChI=1S/C21H21ClN2O3S/c22-19-9-8-16(28-19)13-24-11-10-21(18(25)14-24,15-5-2-1-3-6-15)23-20(26)17-7-4-12-27-17/h1-9,12,18,25H,10-11,13-14H2,(H,23,26)/t18-,21-/m1/s1. The van der Waals surface area contributed by atoms with E-state index in [4.69, 9.17) is 16.0 Å². The lowest BCUT2D eigenvalue weighted by atomic mass is 9.78. The normalized spacial score (nSPS) is 22.9. The minimum Gasteiger partial charge on any atom is -0.459 e. The maximum absolute atomic E-state index is 12.7. The van der Waals surface area contributed by atoms with Gasteiger partial charge in [0.2, 0.25) is 0 Å². The second-order valence-electron chi connectivity index (χ2n) is 6.98. The Hall–Kier alpha value is -2.12. The second kappa shape index (κ2) is 8.09. The molecule has 2 N–H and O–H groups in total. The Morgan fingerprint density at radius 3 is 2.71 bits per heavy atom. The van der Waals surface area contributed by atoms with E-state index in [2.05, 4.69) is 10.2 Å². The number of hydrogen-bond acceptors (Lipinski definition) is 5. The Bertz CT molecular complexity index is 928. The minimum absolute atomic E-state index is 0.234. The van der Waals surface area contributed by atoms with Crippen molar-refractivity contribution in [2.75, 3.05) is 13.1 Å². The molecule has 3 heterocycles. The van der Waals surface area contributed by atoms with E-state index in [9.17, 15) is 9.90 Å². The molecule has 5 nitrogen and oxygen atoms in total. The highest BCUT2D eigenvalue weighted by Gasteiger charge is 2.45. The molecule has 2 atom stereocenters. The first-order valence-corrected chi connectivity index (χ1v) is 10.3. The van der Waals surface area contributed by atoms with Crippen LogP contribution in [-0.2, 0) is 12.1 Å². The van der Waals surface area contributed by atoms with Crippen molar-refractivity contribution < 1.29 is 14.3 Å². The number of thiophene rings is 1. The Morgan fingerprint density at radius 2 is 2.07 bits per heavy atom. The zero-order valence-electron chi connectivity index (χ0n) is 15.2. The Morgan fingerprint density at radius 1 is 1.25 bits per heavy atom. The number of carbonyl (C=O) groups is 1. The highest BCUT2D eigenvalue weighted by molar-refractivity contribution is 7.16. The summed E-state index contributed by atoms with van der Waals surface area (Å²) in [5.74, 6) is -0.0930. The molecule has 3 aromatic rings. The first kappa shape index (κ1) is 19.2. The summed E-state index contributed by atoms with van der Waals surface area (Å²) in [7, 11) is 0. The fourth-order valence-corrected chi connectivity index (χ4v) is 4.89. The van der Waals surface area contributed by atoms with Crippen LogP contribution >= 0.6 is 22.9 Å². The molecule has 0 saturated carbocycles. The van der Waals surface area contributed by atoms with E-state index in [0.717, 1.165) is 27.9 Å². The lowest BCUT2D eigenvalue weighted by molar-refractivity contribution is -0.0182. The predicted octanol–water partition coefficient (Wildman–Crippen LogP) is 3.89. The molecule has 4 rings (SSSR count). The number of carbonyl (C=O) groups excluding carboxylic acids is 1. The molecule has 1 fully saturated rings. The van der Waals surface area contributed by atoms with Crippen molar-refractivity contribution >= 4 is 28.8 Å². The van der Waals surface area contributed by atoms with Gasteiger partial charge in [-0.2, -0.15) is 0 Å². The summed E-state index contributed by atoms with van der Waals surface area (Å²) in [4.78, 5) is 16.1. The molecular weight excluding hydrogens is 396 g/mol. The lowest BCUT2D eigenvalue weighted by Crippen LogP contribution is -2.61. The number of piperidine rings is 1. The van der Waals surface area contributed by atoms with Crippen LogP contribution in [0.5, 0.6) is 0 Å². The van der Waals surface area contributed by atoms with Crippen LogP contribution in [0, 0.1) is 0 Å². The number of hydrogen-bond donors (Lipinski definition) is 2. The molecule has 28 heavy (non-hydrogen) atoms. The fourth-order valence-electron chi connectivity index (χ4n) is 3.76. The van der Waals surface area contributed by atoms with E-state index in [1.54, 1.807) is 23.5 Å². The maximum Gasteiger partial charge on any atom is 0.287 e. The van der Waals surface area contributed by atoms with E-state index in [-0.39, 0.29) is 11.7 Å². The molecule has 1 aliphatic heterocycles. The molecule has 0 unspecified atom stereocenters. The third-order valence-electron chi connectivity index (χ3n) is 5.20. The Labute approximate surface area is 172 Å². The van der Waals surface area contributed by atoms with Crippen LogP contribution in [0.1, 0.15) is 27.4 Å². The number of furan rings is 1. The summed E-state index contributed by atoms with van der Waals surface area (Å²) in [6, 6.07) is 16.8. The highest BCUT2D eigenvalue weighted by atomic mass is 35.5. The molecule has 146 valence electrons. The van der Waals surface area contributed by atoms with Crippen LogP contribution in [0.2, 0.25) is 4.34 Å². The first-order chi connectivity index (χ1) is 13.6. The third kappa shape index (κ3) is 3.86. The number of benzene rings is 1. The van der Waals surface area contributed by atoms with Gasteiger partial charge in [0.25, 0.3) is 5.91 Å². The zero-order valence-corrected chi connectivity index (χ0v) is 16.7. The molecule has 1 saturated heterocycles. The molecule has 0 bridgehead atoms. The summed E-state index contributed by atoms with van der Waals surface area (Å²) < 4.78 is 6.00. The van der Waals surface area contributed by atoms with Gasteiger partial charge in [0.05, 0.1) is 22.2 Å². The topological polar surface area (TPSA) is 65.7 Å². The smallest absolute Gasteiger partial charge is 0.287 e. The van der Waals surface area contributed by atoms with E-state index < -0.39 is 11.6 Å². The van der Waals surface area contributed by atoms with Gasteiger partial charge < -0.3 is 14.8 Å². The molecule has 0 spiro atoms. The quantitative estimate of drug-likeness (QED) is 0.662. The van der Waals surface area contributed by atoms with Crippen LogP contribution in [0.15, 0.2) is 65.3 Å². The van der Waals surface area contributed by atoms with Gasteiger partial charge in [-0.1, -0.05) is 41.9 Å². The van der Waals surface area contributed by atoms with Gasteiger partial charge in [-0.3, -0.25) is 9.69 Å². The van der Waals surface area contributed by atoms with Crippen LogP contribution in [-0.4, -0.2) is 35.1 Å². The number of aliphatic hydroxyl groups excluding tert-OH is 1.